The van der Waals surface area contributed by atoms with Crippen molar-refractivity contribution in [1.29, 1.82) is 0 Å². The fourth-order valence-corrected chi connectivity index (χ4v) is 3.09. The summed E-state index contributed by atoms with van der Waals surface area (Å²) in [7, 11) is 1.35. The summed E-state index contributed by atoms with van der Waals surface area (Å²) in [5.41, 5.74) is 3.57. The van der Waals surface area contributed by atoms with Gasteiger partial charge in [-0.25, -0.2) is 4.79 Å². The summed E-state index contributed by atoms with van der Waals surface area (Å²) in [4.78, 5) is 29.1. The van der Waals surface area contributed by atoms with Gasteiger partial charge in [0.2, 0.25) is 0 Å². The van der Waals surface area contributed by atoms with Crippen molar-refractivity contribution in [2.24, 2.45) is 0 Å². The molecule has 0 saturated carbocycles. The minimum atomic E-state index is -0.418. The number of ether oxygens (including phenoxy) is 1. The number of hydrogen-bond acceptors (Lipinski definition) is 5. The summed E-state index contributed by atoms with van der Waals surface area (Å²) in [5, 5.41) is 3.24. The van der Waals surface area contributed by atoms with Crippen LogP contribution in [0.2, 0.25) is 0 Å². The van der Waals surface area contributed by atoms with Crippen molar-refractivity contribution in [3.8, 4) is 0 Å². The van der Waals surface area contributed by atoms with E-state index >= 15 is 0 Å². The van der Waals surface area contributed by atoms with E-state index in [0.717, 1.165) is 11.3 Å². The van der Waals surface area contributed by atoms with Gasteiger partial charge in [-0.3, -0.25) is 9.78 Å². The van der Waals surface area contributed by atoms with E-state index < -0.39 is 5.97 Å². The Labute approximate surface area is 148 Å². The van der Waals surface area contributed by atoms with Crippen LogP contribution in [0.25, 0.3) is 0 Å². The predicted octanol–water partition coefficient (Wildman–Crippen LogP) is 2.67. The van der Waals surface area contributed by atoms with Crippen molar-refractivity contribution in [1.82, 2.24) is 14.9 Å². The monoisotopic (exact) mass is 343 g/mol. The van der Waals surface area contributed by atoms with Crippen molar-refractivity contribution in [3.63, 3.8) is 0 Å². The number of ketones is 1. The Morgan fingerprint density at radius 1 is 1.28 bits per heavy atom. The van der Waals surface area contributed by atoms with Crippen LogP contribution in [0.3, 0.4) is 0 Å². The zero-order valence-electron chi connectivity index (χ0n) is 15.4. The number of Topliss-reactive ketones (excluding diaryl/α,β-unsaturated/α-hetero) is 1. The molecule has 0 spiro atoms. The molecule has 0 amide bonds. The highest BCUT2D eigenvalue weighted by Gasteiger charge is 2.28. The number of aromatic nitrogens is 2. The second-order valence-corrected chi connectivity index (χ2v) is 5.99. The van der Waals surface area contributed by atoms with Crippen LogP contribution >= 0.6 is 0 Å². The molecule has 0 aliphatic heterocycles. The summed E-state index contributed by atoms with van der Waals surface area (Å²) in [6, 6.07) is 3.44. The van der Waals surface area contributed by atoms with E-state index in [2.05, 4.69) is 10.3 Å². The normalized spacial score (nSPS) is 12.0. The second kappa shape index (κ2) is 8.07. The molecule has 0 saturated heterocycles. The standard InChI is InChI=1S/C19H25N3O3/c1-6-22-14(4)16(12(2)17(22)19(24)25-5)18(23)13(3)21-11-15-7-9-20-10-8-15/h7-10,13,21H,6,11H2,1-5H3. The third kappa shape index (κ3) is 3.79. The number of nitrogens with one attached hydrogen (secondary N) is 1. The zero-order chi connectivity index (χ0) is 18.6. The number of esters is 1. The van der Waals surface area contributed by atoms with Gasteiger partial charge in [0, 0.05) is 36.7 Å². The Morgan fingerprint density at radius 2 is 1.92 bits per heavy atom. The van der Waals surface area contributed by atoms with Gasteiger partial charge in [-0.05, 0) is 51.0 Å². The van der Waals surface area contributed by atoms with Crippen molar-refractivity contribution in [2.75, 3.05) is 7.11 Å². The lowest BCUT2D eigenvalue weighted by Crippen LogP contribution is -2.34. The first-order valence-corrected chi connectivity index (χ1v) is 8.36. The lowest BCUT2D eigenvalue weighted by atomic mass is 10.0. The third-order valence-electron chi connectivity index (χ3n) is 4.46. The van der Waals surface area contributed by atoms with Crippen LogP contribution in [0.5, 0.6) is 0 Å². The topological polar surface area (TPSA) is 73.2 Å². The van der Waals surface area contributed by atoms with Gasteiger partial charge in [-0.15, -0.1) is 0 Å². The van der Waals surface area contributed by atoms with E-state index in [4.69, 9.17) is 4.74 Å². The van der Waals surface area contributed by atoms with Crippen molar-refractivity contribution < 1.29 is 14.3 Å². The molecular weight excluding hydrogens is 318 g/mol. The lowest BCUT2D eigenvalue weighted by Gasteiger charge is -2.14. The SMILES string of the molecule is CCn1c(C)c(C(=O)C(C)NCc2ccncc2)c(C)c1C(=O)OC. The lowest BCUT2D eigenvalue weighted by molar-refractivity contribution is 0.0587. The van der Waals surface area contributed by atoms with Gasteiger partial charge in [0.05, 0.1) is 13.2 Å². The van der Waals surface area contributed by atoms with Crippen LogP contribution in [0.15, 0.2) is 24.5 Å². The summed E-state index contributed by atoms with van der Waals surface area (Å²) in [5.74, 6) is -0.444. The molecule has 0 fully saturated rings. The molecule has 1 N–H and O–H groups in total. The first kappa shape index (κ1) is 18.9. The Kier molecular flexibility index (Phi) is 6.09. The quantitative estimate of drug-likeness (QED) is 0.618. The summed E-state index contributed by atoms with van der Waals surface area (Å²) < 4.78 is 6.72. The van der Waals surface area contributed by atoms with Crippen molar-refractivity contribution >= 4 is 11.8 Å². The number of methoxy groups -OCH3 is 1. The second-order valence-electron chi connectivity index (χ2n) is 5.99. The molecule has 1 unspecified atom stereocenters. The fraction of sp³-hybridized carbons (Fsp3) is 0.421. The van der Waals surface area contributed by atoms with Gasteiger partial charge in [-0.1, -0.05) is 0 Å². The highest BCUT2D eigenvalue weighted by atomic mass is 16.5. The molecule has 0 bridgehead atoms. The predicted molar refractivity (Wildman–Crippen MR) is 95.8 cm³/mol. The Hall–Kier alpha value is -2.47. The average molecular weight is 343 g/mol. The largest absolute Gasteiger partial charge is 0.464 e. The fourth-order valence-electron chi connectivity index (χ4n) is 3.09. The molecule has 2 aromatic heterocycles. The van der Waals surface area contributed by atoms with E-state index in [1.807, 2.05) is 37.5 Å². The Bertz CT molecular complexity index is 766. The number of carbonyl (C=O) groups excluding carboxylic acids is 2. The summed E-state index contributed by atoms with van der Waals surface area (Å²) in [6.45, 7) is 8.62. The smallest absolute Gasteiger partial charge is 0.354 e. The third-order valence-corrected chi connectivity index (χ3v) is 4.46. The highest BCUT2D eigenvalue weighted by Crippen LogP contribution is 2.24. The van der Waals surface area contributed by atoms with E-state index in [0.29, 0.717) is 29.9 Å². The van der Waals surface area contributed by atoms with Gasteiger partial charge >= 0.3 is 5.97 Å². The number of carbonyl (C=O) groups is 2. The number of nitrogens with zero attached hydrogens (tertiary/aromatic N) is 2. The van der Waals surface area contributed by atoms with Gasteiger partial charge in [0.25, 0.3) is 0 Å². The first-order valence-electron chi connectivity index (χ1n) is 8.36. The minimum absolute atomic E-state index is 0.0265. The van der Waals surface area contributed by atoms with Crippen LogP contribution in [0.4, 0.5) is 0 Å². The van der Waals surface area contributed by atoms with Gasteiger partial charge in [0.1, 0.15) is 5.69 Å². The minimum Gasteiger partial charge on any atom is -0.464 e. The molecule has 2 heterocycles. The number of pyridine rings is 1. The van der Waals surface area contributed by atoms with Crippen LogP contribution < -0.4 is 5.32 Å². The maximum absolute atomic E-state index is 13.0. The maximum atomic E-state index is 13.0. The summed E-state index contributed by atoms with van der Waals surface area (Å²) >= 11 is 0. The van der Waals surface area contributed by atoms with E-state index in [-0.39, 0.29) is 11.8 Å². The molecule has 0 aliphatic carbocycles. The van der Waals surface area contributed by atoms with Gasteiger partial charge in [0.15, 0.2) is 5.78 Å². The van der Waals surface area contributed by atoms with Crippen LogP contribution in [0.1, 0.15) is 51.5 Å². The molecule has 6 heteroatoms. The summed E-state index contributed by atoms with van der Waals surface area (Å²) in [6.07, 6.45) is 3.45. The zero-order valence-corrected chi connectivity index (χ0v) is 15.4. The maximum Gasteiger partial charge on any atom is 0.354 e. The molecular formula is C19H25N3O3. The van der Waals surface area contributed by atoms with E-state index in [1.165, 1.54) is 7.11 Å². The van der Waals surface area contributed by atoms with Crippen LogP contribution in [0, 0.1) is 13.8 Å². The van der Waals surface area contributed by atoms with Gasteiger partial charge in [-0.2, -0.15) is 0 Å². The highest BCUT2D eigenvalue weighted by molar-refractivity contribution is 6.05. The van der Waals surface area contributed by atoms with Crippen LogP contribution in [-0.4, -0.2) is 34.5 Å². The number of hydrogen-bond donors (Lipinski definition) is 1. The molecule has 2 aromatic rings. The van der Waals surface area contributed by atoms with Crippen LogP contribution in [-0.2, 0) is 17.8 Å². The average Bonchev–Trinajstić information content (AvgIpc) is 2.88. The molecule has 1 atom stereocenters. The molecule has 134 valence electrons. The van der Waals surface area contributed by atoms with E-state index in [9.17, 15) is 9.59 Å². The van der Waals surface area contributed by atoms with Crippen molar-refractivity contribution in [3.05, 3.63) is 52.6 Å². The molecule has 0 aromatic carbocycles. The molecule has 6 nitrogen and oxygen atoms in total. The Balaban J connectivity index is 2.26. The number of rotatable bonds is 7. The molecule has 25 heavy (non-hydrogen) atoms. The van der Waals surface area contributed by atoms with Crippen molar-refractivity contribution in [2.45, 2.75) is 46.8 Å². The Morgan fingerprint density at radius 3 is 2.48 bits per heavy atom. The molecule has 2 rings (SSSR count). The first-order chi connectivity index (χ1) is 11.9. The van der Waals surface area contributed by atoms with Gasteiger partial charge < -0.3 is 14.6 Å². The molecule has 0 radical (unpaired) electrons. The molecule has 0 aliphatic rings. The van der Waals surface area contributed by atoms with E-state index in [1.54, 1.807) is 19.3 Å².